The molecule has 2 fully saturated rings. The number of esters is 2. The number of hydrogen-bond acceptors (Lipinski definition) is 14. The van der Waals surface area contributed by atoms with Gasteiger partial charge in [-0.15, -0.1) is 0 Å². The predicted molar refractivity (Wildman–Crippen MR) is 324 cm³/mol. The van der Waals surface area contributed by atoms with Crippen LogP contribution in [0.25, 0.3) is 0 Å². The largest absolute Gasteiger partial charge is 0.463 e. The molecule has 0 radical (unpaired) electrons. The van der Waals surface area contributed by atoms with E-state index in [0.29, 0.717) is 50.4 Å². The molecule has 6 N–H and O–H groups in total. The van der Waals surface area contributed by atoms with E-state index in [1.165, 1.54) is 11.1 Å². The lowest BCUT2D eigenvalue weighted by Crippen LogP contribution is -2.60. The van der Waals surface area contributed by atoms with E-state index in [1.807, 2.05) is 24.3 Å². The average Bonchev–Trinajstić information content (AvgIpc) is 3.45. The Hall–Kier alpha value is -4.32. The number of carbonyl (C=O) groups is 2. The van der Waals surface area contributed by atoms with Gasteiger partial charge in [-0.1, -0.05) is 200 Å². The van der Waals surface area contributed by atoms with Crippen molar-refractivity contribution in [3.8, 4) is 0 Å². The summed E-state index contributed by atoms with van der Waals surface area (Å²) in [6.45, 7) is 29.1. The molecule has 4 rings (SSSR count). The molecule has 14 heteroatoms. The molecule has 460 valence electrons. The Balaban J connectivity index is 1.24. The minimum Gasteiger partial charge on any atom is -0.463 e. The highest BCUT2D eigenvalue weighted by Gasteiger charge is 2.48. The molecule has 0 aromatic carbocycles. The van der Waals surface area contributed by atoms with Crippen LogP contribution in [0, 0.1) is 22.7 Å². The Kier molecular flexibility index (Phi) is 29.1. The third kappa shape index (κ3) is 23.3. The molecule has 2 heterocycles. The van der Waals surface area contributed by atoms with Gasteiger partial charge in [0.1, 0.15) is 62.0 Å². The molecule has 2 saturated heterocycles. The summed E-state index contributed by atoms with van der Waals surface area (Å²) in [4.78, 5) is 24.7. The van der Waals surface area contributed by atoms with E-state index in [4.69, 9.17) is 28.4 Å². The second-order valence-corrected chi connectivity index (χ2v) is 25.6. The van der Waals surface area contributed by atoms with E-state index in [2.05, 4.69) is 158 Å². The zero-order chi connectivity index (χ0) is 60.9. The smallest absolute Gasteiger partial charge is 0.305 e. The van der Waals surface area contributed by atoms with Crippen molar-refractivity contribution in [3.05, 3.63) is 130 Å². The number of hydrogen-bond donors (Lipinski definition) is 6. The molecule has 0 aromatic rings. The first kappa shape index (κ1) is 70.2. The van der Waals surface area contributed by atoms with E-state index in [-0.39, 0.29) is 61.0 Å². The first-order valence-corrected chi connectivity index (χ1v) is 30.1. The van der Waals surface area contributed by atoms with Crippen LogP contribution in [-0.2, 0) is 38.0 Å². The van der Waals surface area contributed by atoms with Gasteiger partial charge in [-0.05, 0) is 114 Å². The van der Waals surface area contributed by atoms with Gasteiger partial charge in [0.2, 0.25) is 0 Å². The van der Waals surface area contributed by atoms with Crippen molar-refractivity contribution in [1.82, 2.24) is 0 Å². The molecule has 0 bridgehead atoms. The van der Waals surface area contributed by atoms with Gasteiger partial charge < -0.3 is 59.1 Å². The van der Waals surface area contributed by atoms with Crippen LogP contribution in [0.4, 0.5) is 0 Å². The summed E-state index contributed by atoms with van der Waals surface area (Å²) in [7, 11) is 0. The van der Waals surface area contributed by atoms with Gasteiger partial charge >= 0.3 is 11.9 Å². The summed E-state index contributed by atoms with van der Waals surface area (Å²) in [5, 5.41) is 64.3. The van der Waals surface area contributed by atoms with E-state index < -0.39 is 61.4 Å². The zero-order valence-electron chi connectivity index (χ0n) is 52.0. The van der Waals surface area contributed by atoms with Gasteiger partial charge in [-0.2, -0.15) is 0 Å². The van der Waals surface area contributed by atoms with Crippen LogP contribution in [0.15, 0.2) is 130 Å². The number of carbonyl (C=O) groups excluding carboxylic acids is 2. The molecule has 0 saturated carbocycles. The van der Waals surface area contributed by atoms with Crippen molar-refractivity contribution in [2.24, 2.45) is 22.7 Å². The third-order valence-electron chi connectivity index (χ3n) is 15.8. The van der Waals surface area contributed by atoms with E-state index >= 15 is 0 Å². The van der Waals surface area contributed by atoms with Crippen LogP contribution in [-0.4, -0.2) is 129 Å². The summed E-state index contributed by atoms with van der Waals surface area (Å²) < 4.78 is 35.2. The molecule has 2 aliphatic heterocycles. The van der Waals surface area contributed by atoms with Crippen molar-refractivity contribution >= 4 is 11.9 Å². The van der Waals surface area contributed by atoms with Crippen molar-refractivity contribution in [3.63, 3.8) is 0 Å². The summed E-state index contributed by atoms with van der Waals surface area (Å²) in [5.41, 5.74) is 8.56. The van der Waals surface area contributed by atoms with Crippen molar-refractivity contribution < 1.29 is 68.6 Å². The number of rotatable bonds is 28. The molecule has 82 heavy (non-hydrogen) atoms. The maximum Gasteiger partial charge on any atom is 0.305 e. The van der Waals surface area contributed by atoms with E-state index in [9.17, 15) is 40.2 Å². The fraction of sp³-hybridized carbons (Fsp3) is 0.647. The van der Waals surface area contributed by atoms with Gasteiger partial charge in [0.05, 0.1) is 12.2 Å². The number of aliphatic hydroxyl groups is 6. The highest BCUT2D eigenvalue weighted by atomic mass is 16.7. The van der Waals surface area contributed by atoms with Gasteiger partial charge in [0.15, 0.2) is 12.6 Å². The minimum atomic E-state index is -1.52. The lowest BCUT2D eigenvalue weighted by Gasteiger charge is -2.43. The predicted octanol–water partition coefficient (Wildman–Crippen LogP) is 11.7. The van der Waals surface area contributed by atoms with Gasteiger partial charge in [-0.3, -0.25) is 9.59 Å². The Morgan fingerprint density at radius 3 is 1.20 bits per heavy atom. The number of aliphatic hydroxyl groups excluding tert-OH is 6. The topological polar surface area (TPSA) is 211 Å². The summed E-state index contributed by atoms with van der Waals surface area (Å²) in [6.07, 6.45) is 23.6. The monoisotopic (exact) mass is 1140 g/mol. The van der Waals surface area contributed by atoms with Crippen molar-refractivity contribution in [2.75, 3.05) is 13.2 Å². The lowest BCUT2D eigenvalue weighted by molar-refractivity contribution is -0.313. The average molecular weight is 1150 g/mol. The lowest BCUT2D eigenvalue weighted by atomic mass is 9.71. The number of ether oxygens (including phenoxy) is 6. The molecule has 0 spiro atoms. The maximum atomic E-state index is 12.4. The summed E-state index contributed by atoms with van der Waals surface area (Å²) in [5.74, 6) is 0.351. The molecule has 4 aliphatic rings. The van der Waals surface area contributed by atoms with Crippen molar-refractivity contribution in [2.45, 2.75) is 248 Å². The second kappa shape index (κ2) is 34.0. The second-order valence-electron chi connectivity index (χ2n) is 25.6. The zero-order valence-corrected chi connectivity index (χ0v) is 52.0. The van der Waals surface area contributed by atoms with E-state index in [1.54, 1.807) is 0 Å². The molecule has 2 unspecified atom stereocenters. The molecule has 12 atom stereocenters. The molecule has 0 amide bonds. The Morgan fingerprint density at radius 2 is 0.854 bits per heavy atom. The quantitative estimate of drug-likeness (QED) is 0.0245. The van der Waals surface area contributed by atoms with Crippen LogP contribution >= 0.6 is 0 Å². The maximum absolute atomic E-state index is 12.4. The molecule has 14 nitrogen and oxygen atoms in total. The Bertz CT molecular complexity index is 2240. The van der Waals surface area contributed by atoms with Crippen LogP contribution in [0.2, 0.25) is 0 Å². The van der Waals surface area contributed by atoms with Crippen LogP contribution in [0.3, 0.4) is 0 Å². The minimum absolute atomic E-state index is 0.244. The fourth-order valence-electron chi connectivity index (χ4n) is 11.1. The summed E-state index contributed by atoms with van der Waals surface area (Å²) >= 11 is 0. The van der Waals surface area contributed by atoms with E-state index in [0.717, 1.165) is 59.1 Å². The molecular weight excluding hydrogens is 1040 g/mol. The Morgan fingerprint density at radius 1 is 0.512 bits per heavy atom. The summed E-state index contributed by atoms with van der Waals surface area (Å²) in [6, 6.07) is 0. The highest BCUT2D eigenvalue weighted by molar-refractivity contribution is 5.69. The highest BCUT2D eigenvalue weighted by Crippen LogP contribution is 2.44. The van der Waals surface area contributed by atoms with Crippen molar-refractivity contribution in [1.29, 1.82) is 0 Å². The SMILES string of the molecule is CC1=C(/C=C/C(C)=C/C=C/C(C)=C/C=C/C=C(C)/C=C/C=C(C)/C=C/C2=C(C)C[C@@H](OC3O[C@H](COC(=O)CCCCC(C)C)[C@@H](O)[C@H](O)[C@H]3O)CC2(C)C)C(C)(C)C[C@H](OC2O[C@H](COC(=O)CCCCC(C)C)[C@@H](O)[C@H](O)[C@H]2O)C1. The molecule has 2 aliphatic carbocycles. The standard InChI is InChI=1S/C68H104O14/c1-43(2)23-15-19-31-57(69)77-41-55-59(71)61(73)63(75)65(81-55)79-51-37-49(9)53(67(11,12)39-51)35-33-47(7)29-21-27-45(5)25-17-18-26-46(6)28-22-30-48(8)34-36-54-50(10)38-52(40-68(54,13)14)80-66-64(76)62(74)60(72)56(82-66)42-78-58(70)32-20-16-24-44(3)4/h17-18,21-22,25-30,33-36,43-44,51-52,55-56,59-66,71-76H,15-16,19-20,23-24,31-32,37-42H2,1-14H3/b18-17+,27-21+,28-22+,35-33+,36-34+,45-25+,46-26+,47-29+,48-30+/t51-,52-,55-,56-,59-,60-,61+,62+,63-,64-,65?,66?/m1/s1. The van der Waals surface area contributed by atoms with Gasteiger partial charge in [0, 0.05) is 12.8 Å². The molecular formula is C68H104O14. The third-order valence-corrected chi connectivity index (χ3v) is 15.8. The first-order valence-electron chi connectivity index (χ1n) is 30.1. The number of allylic oxidation sites excluding steroid dienone is 20. The van der Waals surface area contributed by atoms with Crippen LogP contribution < -0.4 is 0 Å². The van der Waals surface area contributed by atoms with Crippen LogP contribution in [0.5, 0.6) is 0 Å². The Labute approximate surface area is 491 Å². The fourth-order valence-corrected chi connectivity index (χ4v) is 11.1. The van der Waals surface area contributed by atoms with Gasteiger partial charge in [-0.25, -0.2) is 0 Å². The first-order chi connectivity index (χ1) is 38.6. The normalized spacial score (nSPS) is 30.0. The number of unbranched alkanes of at least 4 members (excludes halogenated alkanes) is 2. The van der Waals surface area contributed by atoms with Gasteiger partial charge in [0.25, 0.3) is 0 Å². The van der Waals surface area contributed by atoms with Crippen LogP contribution in [0.1, 0.15) is 174 Å². The molecule has 0 aromatic heterocycles.